The number of hydrogen-bond acceptors (Lipinski definition) is 7. The third-order valence-electron chi connectivity index (χ3n) is 6.23. The van der Waals surface area contributed by atoms with Gasteiger partial charge in [0.05, 0.1) is 30.4 Å². The average molecular weight is 458 g/mol. The molecule has 2 heterocycles. The van der Waals surface area contributed by atoms with Gasteiger partial charge in [-0.05, 0) is 83.1 Å². The molecule has 0 radical (unpaired) electrons. The van der Waals surface area contributed by atoms with Crippen LogP contribution in [0.5, 0.6) is 5.75 Å². The van der Waals surface area contributed by atoms with Crippen LogP contribution in [0.25, 0.3) is 11.3 Å². The second-order valence-corrected chi connectivity index (χ2v) is 9.23. The molecule has 33 heavy (non-hydrogen) atoms. The van der Waals surface area contributed by atoms with Gasteiger partial charge >= 0.3 is 5.97 Å². The van der Waals surface area contributed by atoms with Crippen LogP contribution in [0.4, 0.5) is 0 Å². The van der Waals surface area contributed by atoms with Gasteiger partial charge in [-0.2, -0.15) is 0 Å². The lowest BCUT2D eigenvalue weighted by Crippen LogP contribution is -2.31. The molecule has 2 aromatic rings. The van der Waals surface area contributed by atoms with Crippen LogP contribution in [0.15, 0.2) is 24.3 Å². The number of rotatable bonds is 8. The molecule has 4 rings (SSSR count). The molecule has 1 saturated heterocycles. The number of aromatic nitrogens is 3. The van der Waals surface area contributed by atoms with E-state index in [4.69, 9.17) is 18.9 Å². The predicted molar refractivity (Wildman–Crippen MR) is 122 cm³/mol. The average Bonchev–Trinajstić information content (AvgIpc) is 3.19. The number of carbonyl (C=O) groups excluding carboxylic acids is 1. The first kappa shape index (κ1) is 23.7. The van der Waals surface area contributed by atoms with E-state index < -0.39 is 0 Å². The summed E-state index contributed by atoms with van der Waals surface area (Å²) in [6, 6.07) is 7.89. The number of benzene rings is 1. The summed E-state index contributed by atoms with van der Waals surface area (Å²) in [6.45, 7) is 4.92. The zero-order chi connectivity index (χ0) is 23.2. The SMILES string of the molecule is CC(C)OC(=O)C1CCCC(Oc2ccc(-c3nnn(C)c3COC3CCCCO3)cc2)C1. The van der Waals surface area contributed by atoms with E-state index in [2.05, 4.69) is 10.3 Å². The molecule has 2 aliphatic rings. The maximum atomic E-state index is 12.3. The third kappa shape index (κ3) is 6.32. The fourth-order valence-electron chi connectivity index (χ4n) is 4.46. The van der Waals surface area contributed by atoms with Gasteiger partial charge in [0.2, 0.25) is 0 Å². The van der Waals surface area contributed by atoms with Crippen molar-refractivity contribution in [2.75, 3.05) is 6.61 Å². The van der Waals surface area contributed by atoms with Crippen LogP contribution in [0.3, 0.4) is 0 Å². The topological polar surface area (TPSA) is 84.7 Å². The first-order valence-electron chi connectivity index (χ1n) is 12.1. The number of carbonyl (C=O) groups is 1. The van der Waals surface area contributed by atoms with Crippen LogP contribution < -0.4 is 4.74 Å². The van der Waals surface area contributed by atoms with Crippen molar-refractivity contribution in [1.29, 1.82) is 0 Å². The molecule has 180 valence electrons. The van der Waals surface area contributed by atoms with Crippen LogP contribution in [0, 0.1) is 5.92 Å². The summed E-state index contributed by atoms with van der Waals surface area (Å²) in [5.41, 5.74) is 2.67. The Hall–Kier alpha value is -2.45. The van der Waals surface area contributed by atoms with E-state index in [9.17, 15) is 4.79 Å². The fraction of sp³-hybridized carbons (Fsp3) is 0.640. The third-order valence-corrected chi connectivity index (χ3v) is 6.23. The Morgan fingerprint density at radius 2 is 1.97 bits per heavy atom. The largest absolute Gasteiger partial charge is 0.490 e. The van der Waals surface area contributed by atoms with Crippen molar-refractivity contribution < 1.29 is 23.7 Å². The summed E-state index contributed by atoms with van der Waals surface area (Å²) < 4.78 is 25.0. The molecule has 2 fully saturated rings. The lowest BCUT2D eigenvalue weighted by molar-refractivity contribution is -0.169. The maximum Gasteiger partial charge on any atom is 0.309 e. The normalized spacial score (nSPS) is 23.5. The Morgan fingerprint density at radius 3 is 2.70 bits per heavy atom. The molecule has 0 N–H and O–H groups in total. The van der Waals surface area contributed by atoms with Gasteiger partial charge in [0.25, 0.3) is 0 Å². The molecular formula is C25H35N3O5. The first-order valence-corrected chi connectivity index (χ1v) is 12.1. The standard InChI is InChI=1S/C25H35N3O5/c1-17(2)32-25(29)19-7-6-8-21(15-19)33-20-12-10-18(11-13-20)24-22(28(3)27-26-24)16-31-23-9-4-5-14-30-23/h10-13,17,19,21,23H,4-9,14-16H2,1-3H3. The first-order chi connectivity index (χ1) is 16.0. The Kier molecular flexibility index (Phi) is 7.98. The van der Waals surface area contributed by atoms with E-state index in [1.54, 1.807) is 4.68 Å². The van der Waals surface area contributed by atoms with Crippen LogP contribution in [-0.4, -0.2) is 46.1 Å². The minimum Gasteiger partial charge on any atom is -0.490 e. The number of nitrogens with zero attached hydrogens (tertiary/aromatic N) is 3. The highest BCUT2D eigenvalue weighted by Crippen LogP contribution is 2.30. The molecule has 0 amide bonds. The minimum absolute atomic E-state index is 0.0188. The fourth-order valence-corrected chi connectivity index (χ4v) is 4.46. The molecule has 3 unspecified atom stereocenters. The van der Waals surface area contributed by atoms with Crippen molar-refractivity contribution >= 4 is 5.97 Å². The Labute approximate surface area is 195 Å². The van der Waals surface area contributed by atoms with E-state index in [-0.39, 0.29) is 30.4 Å². The lowest BCUT2D eigenvalue weighted by atomic mass is 9.87. The van der Waals surface area contributed by atoms with Gasteiger partial charge < -0.3 is 18.9 Å². The highest BCUT2D eigenvalue weighted by Gasteiger charge is 2.30. The molecule has 3 atom stereocenters. The molecule has 0 spiro atoms. The van der Waals surface area contributed by atoms with Crippen molar-refractivity contribution in [1.82, 2.24) is 15.0 Å². The second kappa shape index (κ2) is 11.1. The Bertz CT molecular complexity index is 905. The molecule has 1 aromatic heterocycles. The van der Waals surface area contributed by atoms with Crippen molar-refractivity contribution in [2.24, 2.45) is 13.0 Å². The van der Waals surface area contributed by atoms with Gasteiger partial charge in [0.15, 0.2) is 6.29 Å². The van der Waals surface area contributed by atoms with Gasteiger partial charge in [-0.25, -0.2) is 4.68 Å². The van der Waals surface area contributed by atoms with Crippen LogP contribution >= 0.6 is 0 Å². The Balaban J connectivity index is 1.36. The zero-order valence-electron chi connectivity index (χ0n) is 19.9. The summed E-state index contributed by atoms with van der Waals surface area (Å²) in [7, 11) is 1.87. The van der Waals surface area contributed by atoms with Crippen molar-refractivity contribution in [3.05, 3.63) is 30.0 Å². The number of hydrogen-bond donors (Lipinski definition) is 0. The van der Waals surface area contributed by atoms with E-state index >= 15 is 0 Å². The number of aryl methyl sites for hydroxylation is 1. The van der Waals surface area contributed by atoms with Gasteiger partial charge in [-0.1, -0.05) is 5.21 Å². The molecule has 1 aliphatic carbocycles. The van der Waals surface area contributed by atoms with Gasteiger partial charge in [0, 0.05) is 19.2 Å². The minimum atomic E-state index is -0.158. The van der Waals surface area contributed by atoms with Gasteiger partial charge in [0.1, 0.15) is 11.4 Å². The van der Waals surface area contributed by atoms with Crippen LogP contribution in [0.1, 0.15) is 64.5 Å². The molecular weight excluding hydrogens is 422 g/mol. The van der Waals surface area contributed by atoms with Gasteiger partial charge in [-0.15, -0.1) is 5.10 Å². The monoisotopic (exact) mass is 457 g/mol. The molecule has 1 aromatic carbocycles. The van der Waals surface area contributed by atoms with Gasteiger partial charge in [-0.3, -0.25) is 4.79 Å². The molecule has 8 nitrogen and oxygen atoms in total. The Morgan fingerprint density at radius 1 is 1.15 bits per heavy atom. The second-order valence-electron chi connectivity index (χ2n) is 9.23. The smallest absolute Gasteiger partial charge is 0.309 e. The summed E-state index contributed by atoms with van der Waals surface area (Å²) >= 11 is 0. The summed E-state index contributed by atoms with van der Waals surface area (Å²) in [5.74, 6) is 0.601. The van der Waals surface area contributed by atoms with Crippen molar-refractivity contribution in [3.8, 4) is 17.0 Å². The molecule has 1 saturated carbocycles. The summed E-state index contributed by atoms with van der Waals surface area (Å²) in [6.07, 6.45) is 6.40. The predicted octanol–water partition coefficient (Wildman–Crippen LogP) is 4.41. The van der Waals surface area contributed by atoms with Crippen LogP contribution in [0.2, 0.25) is 0 Å². The number of ether oxygens (including phenoxy) is 4. The molecule has 0 bridgehead atoms. The maximum absolute atomic E-state index is 12.3. The highest BCUT2D eigenvalue weighted by atomic mass is 16.7. The van der Waals surface area contributed by atoms with E-state index in [0.717, 1.165) is 67.8 Å². The van der Waals surface area contributed by atoms with Crippen molar-refractivity contribution in [2.45, 2.75) is 83.9 Å². The zero-order valence-corrected chi connectivity index (χ0v) is 19.9. The van der Waals surface area contributed by atoms with E-state index in [1.165, 1.54) is 0 Å². The summed E-state index contributed by atoms with van der Waals surface area (Å²) in [4.78, 5) is 12.3. The lowest BCUT2D eigenvalue weighted by Gasteiger charge is -2.29. The quantitative estimate of drug-likeness (QED) is 0.543. The van der Waals surface area contributed by atoms with E-state index in [0.29, 0.717) is 13.0 Å². The molecule has 8 heteroatoms. The molecule has 1 aliphatic heterocycles. The van der Waals surface area contributed by atoms with E-state index in [1.807, 2.05) is 45.2 Å². The van der Waals surface area contributed by atoms with Crippen LogP contribution in [-0.2, 0) is 32.7 Å². The highest BCUT2D eigenvalue weighted by molar-refractivity contribution is 5.72. The summed E-state index contributed by atoms with van der Waals surface area (Å²) in [5, 5.41) is 8.54. The number of esters is 1. The van der Waals surface area contributed by atoms with Crippen molar-refractivity contribution in [3.63, 3.8) is 0 Å².